The van der Waals surface area contributed by atoms with E-state index in [0.717, 1.165) is 38.5 Å². The van der Waals surface area contributed by atoms with Crippen LogP contribution in [-0.2, 0) is 23.8 Å². The van der Waals surface area contributed by atoms with Gasteiger partial charge in [0.2, 0.25) is 0 Å². The standard InChI is InChI=1S/C30H49NO7/c1-5-6-7-8-9-10-11-12-13-14-15-16-17-18-19-20-21-22-28(33)37-25-27(32)26-38-30(29(34)35)36-24-23-31(2,3)4/h6-7,9-10,12-13,15-16,18-19,27,30,32H,5,8,11,14,17,20-26H2,1-4H3/b7-6-,10-9-,13-12-,16-15-,19-18-. The first kappa shape index (κ1) is 35.5. The lowest BCUT2D eigenvalue weighted by Crippen LogP contribution is -2.44. The van der Waals surface area contributed by atoms with E-state index in [4.69, 9.17) is 14.2 Å². The van der Waals surface area contributed by atoms with E-state index in [0.29, 0.717) is 17.4 Å². The summed E-state index contributed by atoms with van der Waals surface area (Å²) < 4.78 is 15.8. The van der Waals surface area contributed by atoms with Gasteiger partial charge in [0.15, 0.2) is 6.29 Å². The van der Waals surface area contributed by atoms with Crippen molar-refractivity contribution in [3.05, 3.63) is 60.8 Å². The number of carbonyl (C=O) groups excluding carboxylic acids is 2. The number of ether oxygens (including phenoxy) is 3. The number of carboxylic acids is 1. The van der Waals surface area contributed by atoms with Crippen molar-refractivity contribution < 1.29 is 38.5 Å². The van der Waals surface area contributed by atoms with Crippen molar-refractivity contribution in [2.75, 3.05) is 47.5 Å². The molecule has 0 amide bonds. The van der Waals surface area contributed by atoms with Gasteiger partial charge < -0.3 is 33.7 Å². The molecule has 0 heterocycles. The summed E-state index contributed by atoms with van der Waals surface area (Å²) in [6, 6.07) is 0. The zero-order valence-electron chi connectivity index (χ0n) is 23.8. The summed E-state index contributed by atoms with van der Waals surface area (Å²) in [5, 5.41) is 21.0. The zero-order chi connectivity index (χ0) is 28.5. The van der Waals surface area contributed by atoms with Crippen molar-refractivity contribution in [3.8, 4) is 0 Å². The number of likely N-dealkylation sites (N-methyl/N-ethyl adjacent to an activating group) is 1. The number of carbonyl (C=O) groups is 2. The number of rotatable bonds is 23. The summed E-state index contributed by atoms with van der Waals surface area (Å²) in [5.74, 6) is -1.95. The lowest BCUT2D eigenvalue weighted by atomic mass is 10.2. The van der Waals surface area contributed by atoms with Crippen LogP contribution in [0.2, 0.25) is 0 Å². The number of aliphatic carboxylic acids is 1. The van der Waals surface area contributed by atoms with Gasteiger partial charge in [-0.15, -0.1) is 0 Å². The molecule has 0 saturated heterocycles. The molecule has 8 nitrogen and oxygen atoms in total. The Bertz CT molecular complexity index is 763. The van der Waals surface area contributed by atoms with Gasteiger partial charge in [0.25, 0.3) is 0 Å². The van der Waals surface area contributed by atoms with E-state index in [-0.39, 0.29) is 26.2 Å². The first-order chi connectivity index (χ1) is 18.2. The number of aliphatic hydroxyl groups excluding tert-OH is 1. The van der Waals surface area contributed by atoms with Crippen LogP contribution in [-0.4, -0.2) is 81.4 Å². The van der Waals surface area contributed by atoms with Gasteiger partial charge >= 0.3 is 5.97 Å². The average Bonchev–Trinajstić information content (AvgIpc) is 2.85. The molecule has 0 rings (SSSR count). The highest BCUT2D eigenvalue weighted by molar-refractivity contribution is 5.69. The lowest BCUT2D eigenvalue weighted by Gasteiger charge is -2.26. The van der Waals surface area contributed by atoms with E-state index in [9.17, 15) is 19.8 Å². The molecule has 0 radical (unpaired) electrons. The molecule has 0 aromatic heterocycles. The molecule has 1 N–H and O–H groups in total. The topological polar surface area (TPSA) is 105 Å². The fraction of sp³-hybridized carbons (Fsp3) is 0.600. The fourth-order valence-electron chi connectivity index (χ4n) is 2.86. The van der Waals surface area contributed by atoms with E-state index in [1.165, 1.54) is 0 Å². The summed E-state index contributed by atoms with van der Waals surface area (Å²) in [7, 11) is 5.83. The van der Waals surface area contributed by atoms with E-state index in [2.05, 4.69) is 61.6 Å². The van der Waals surface area contributed by atoms with Gasteiger partial charge in [0, 0.05) is 6.42 Å². The van der Waals surface area contributed by atoms with Crippen molar-refractivity contribution in [3.63, 3.8) is 0 Å². The smallest absolute Gasteiger partial charge is 0.305 e. The Morgan fingerprint density at radius 3 is 1.84 bits per heavy atom. The molecule has 0 aromatic rings. The maximum Gasteiger partial charge on any atom is 0.305 e. The Labute approximate surface area is 229 Å². The third-order valence-corrected chi connectivity index (χ3v) is 5.01. The summed E-state index contributed by atoms with van der Waals surface area (Å²) in [6.07, 6.45) is 25.1. The van der Waals surface area contributed by atoms with Gasteiger partial charge in [0.05, 0.1) is 40.3 Å². The second-order valence-corrected chi connectivity index (χ2v) is 9.81. The Hall–Kier alpha value is -2.52. The van der Waals surface area contributed by atoms with Gasteiger partial charge in [-0.3, -0.25) is 4.79 Å². The first-order valence-corrected chi connectivity index (χ1v) is 13.5. The van der Waals surface area contributed by atoms with E-state index >= 15 is 0 Å². The van der Waals surface area contributed by atoms with Gasteiger partial charge in [-0.1, -0.05) is 67.7 Å². The Kier molecular flexibility index (Phi) is 22.0. The molecule has 0 aromatic carbocycles. The van der Waals surface area contributed by atoms with Crippen LogP contribution in [0.5, 0.6) is 0 Å². The summed E-state index contributed by atoms with van der Waals surface area (Å²) >= 11 is 0. The van der Waals surface area contributed by atoms with Gasteiger partial charge in [-0.2, -0.15) is 0 Å². The Morgan fingerprint density at radius 2 is 1.34 bits per heavy atom. The third kappa shape index (κ3) is 25.1. The minimum Gasteiger partial charge on any atom is -0.545 e. The molecular weight excluding hydrogens is 486 g/mol. The van der Waals surface area contributed by atoms with Crippen LogP contribution in [0.1, 0.15) is 58.3 Å². The predicted molar refractivity (Wildman–Crippen MR) is 149 cm³/mol. The summed E-state index contributed by atoms with van der Waals surface area (Å²) in [4.78, 5) is 23.0. The fourth-order valence-corrected chi connectivity index (χ4v) is 2.86. The molecule has 0 aliphatic carbocycles. The third-order valence-electron chi connectivity index (χ3n) is 5.01. The number of quaternary nitrogens is 1. The van der Waals surface area contributed by atoms with Crippen LogP contribution in [0.15, 0.2) is 60.8 Å². The number of esters is 1. The molecule has 0 saturated carbocycles. The van der Waals surface area contributed by atoms with Crippen LogP contribution in [0, 0.1) is 0 Å². The Balaban J connectivity index is 3.84. The number of hydrogen-bond donors (Lipinski definition) is 1. The van der Waals surface area contributed by atoms with Crippen molar-refractivity contribution >= 4 is 11.9 Å². The lowest BCUT2D eigenvalue weighted by molar-refractivity contribution is -0.870. The number of aliphatic hydroxyl groups is 1. The molecule has 2 unspecified atom stereocenters. The summed E-state index contributed by atoms with van der Waals surface area (Å²) in [6.45, 7) is 2.24. The van der Waals surface area contributed by atoms with E-state index in [1.54, 1.807) is 0 Å². The van der Waals surface area contributed by atoms with Crippen LogP contribution >= 0.6 is 0 Å². The first-order valence-electron chi connectivity index (χ1n) is 13.5. The average molecular weight is 536 g/mol. The van der Waals surface area contributed by atoms with Crippen molar-refractivity contribution in [2.45, 2.75) is 70.7 Å². The molecule has 0 fully saturated rings. The van der Waals surface area contributed by atoms with Gasteiger partial charge in [-0.05, 0) is 44.9 Å². The number of hydrogen-bond acceptors (Lipinski definition) is 7. The molecular formula is C30H49NO7. The van der Waals surface area contributed by atoms with Gasteiger partial charge in [0.1, 0.15) is 19.3 Å². The predicted octanol–water partition coefficient (Wildman–Crippen LogP) is 3.63. The van der Waals surface area contributed by atoms with E-state index in [1.807, 2.05) is 27.2 Å². The minimum atomic E-state index is -1.59. The Morgan fingerprint density at radius 1 is 0.816 bits per heavy atom. The molecule has 0 spiro atoms. The highest BCUT2D eigenvalue weighted by Gasteiger charge is 2.17. The van der Waals surface area contributed by atoms with Crippen molar-refractivity contribution in [1.29, 1.82) is 0 Å². The number of allylic oxidation sites excluding steroid dienone is 10. The molecule has 0 aliphatic rings. The SMILES string of the molecule is CC/C=C\C/C=C\C/C=C\C/C=C\C/C=C\CCCC(=O)OCC(O)COC(OCC[N+](C)(C)C)C(=O)[O-]. The highest BCUT2D eigenvalue weighted by Crippen LogP contribution is 2.03. The number of carboxylic acid groups (broad SMARTS) is 1. The monoisotopic (exact) mass is 535 g/mol. The second kappa shape index (κ2) is 23.6. The van der Waals surface area contributed by atoms with E-state index < -0.39 is 24.3 Å². The van der Waals surface area contributed by atoms with Crippen molar-refractivity contribution in [2.24, 2.45) is 0 Å². The molecule has 8 heteroatoms. The van der Waals surface area contributed by atoms with Gasteiger partial charge in [-0.25, -0.2) is 0 Å². The molecule has 216 valence electrons. The zero-order valence-corrected chi connectivity index (χ0v) is 23.8. The highest BCUT2D eigenvalue weighted by atomic mass is 16.7. The van der Waals surface area contributed by atoms with Crippen LogP contribution < -0.4 is 5.11 Å². The maximum absolute atomic E-state index is 11.8. The largest absolute Gasteiger partial charge is 0.545 e. The second-order valence-electron chi connectivity index (χ2n) is 9.81. The maximum atomic E-state index is 11.8. The minimum absolute atomic E-state index is 0.158. The van der Waals surface area contributed by atoms with Crippen molar-refractivity contribution in [1.82, 2.24) is 0 Å². The molecule has 0 bridgehead atoms. The van der Waals surface area contributed by atoms with Crippen LogP contribution in [0.3, 0.4) is 0 Å². The molecule has 0 aliphatic heterocycles. The summed E-state index contributed by atoms with van der Waals surface area (Å²) in [5.41, 5.74) is 0. The van der Waals surface area contributed by atoms with Crippen LogP contribution in [0.25, 0.3) is 0 Å². The quantitative estimate of drug-likeness (QED) is 0.0700. The molecule has 38 heavy (non-hydrogen) atoms. The van der Waals surface area contributed by atoms with Crippen LogP contribution in [0.4, 0.5) is 0 Å². The number of unbranched alkanes of at least 4 members (excludes halogenated alkanes) is 1. The molecule has 2 atom stereocenters. The normalized spacial score (nSPS) is 14.4. The number of nitrogens with zero attached hydrogens (tertiary/aromatic N) is 1.